The zero-order chi connectivity index (χ0) is 31.5. The predicted molar refractivity (Wildman–Crippen MR) is 173 cm³/mol. The van der Waals surface area contributed by atoms with Crippen molar-refractivity contribution >= 4 is 39.1 Å². The minimum Gasteiger partial charge on any atom is -0.492 e. The van der Waals surface area contributed by atoms with Gasteiger partial charge in [-0.15, -0.1) is 0 Å². The largest absolute Gasteiger partial charge is 0.492 e. The number of anilines is 1. The zero-order valence-corrected chi connectivity index (χ0v) is 26.3. The number of benzene rings is 4. The van der Waals surface area contributed by atoms with E-state index >= 15 is 0 Å². The Morgan fingerprint density at radius 2 is 1.41 bits per heavy atom. The lowest BCUT2D eigenvalue weighted by atomic mass is 10.0. The van der Waals surface area contributed by atoms with E-state index in [-0.39, 0.29) is 36.1 Å². The number of nitrogens with zero attached hydrogens (tertiary/aromatic N) is 2. The van der Waals surface area contributed by atoms with Crippen molar-refractivity contribution in [3.63, 3.8) is 0 Å². The first-order chi connectivity index (χ1) is 21.2. The van der Waals surface area contributed by atoms with Crippen molar-refractivity contribution < 1.29 is 22.7 Å². The normalized spacial score (nSPS) is 11.8. The SMILES string of the molecule is CCNC(=O)[C@H](Cc1ccccc1)N(Cc1ccccc1)C(=O)CN(c1ccccc1OCC)S(=O)(=O)c1ccc(Cl)cc1. The molecule has 0 aliphatic rings. The summed E-state index contributed by atoms with van der Waals surface area (Å²) in [6.45, 7) is 3.78. The molecular formula is C34H36ClN3O5S. The minimum absolute atomic E-state index is 0.0415. The lowest BCUT2D eigenvalue weighted by Gasteiger charge is -2.34. The second kappa shape index (κ2) is 15.4. The molecule has 230 valence electrons. The van der Waals surface area contributed by atoms with Crippen molar-refractivity contribution in [3.05, 3.63) is 125 Å². The monoisotopic (exact) mass is 633 g/mol. The first kappa shape index (κ1) is 32.6. The molecule has 4 rings (SSSR count). The molecule has 10 heteroatoms. The van der Waals surface area contributed by atoms with Gasteiger partial charge in [-0.1, -0.05) is 84.4 Å². The number of halogens is 1. The van der Waals surface area contributed by atoms with Crippen LogP contribution in [-0.2, 0) is 32.6 Å². The molecule has 0 aliphatic heterocycles. The predicted octanol–water partition coefficient (Wildman–Crippen LogP) is 5.71. The first-order valence-corrected chi connectivity index (χ1v) is 16.2. The van der Waals surface area contributed by atoms with Crippen LogP contribution in [0.2, 0.25) is 5.02 Å². The summed E-state index contributed by atoms with van der Waals surface area (Å²) in [6, 6.07) is 30.2. The van der Waals surface area contributed by atoms with E-state index in [0.717, 1.165) is 15.4 Å². The van der Waals surface area contributed by atoms with Gasteiger partial charge in [0.1, 0.15) is 18.3 Å². The van der Waals surface area contributed by atoms with Crippen LogP contribution in [-0.4, -0.2) is 50.9 Å². The summed E-state index contributed by atoms with van der Waals surface area (Å²) < 4.78 is 35.2. The highest BCUT2D eigenvalue weighted by Gasteiger charge is 2.35. The van der Waals surface area contributed by atoms with Crippen LogP contribution in [0.4, 0.5) is 5.69 Å². The molecular weight excluding hydrogens is 598 g/mol. The molecule has 4 aromatic carbocycles. The molecule has 0 aliphatic carbocycles. The fraction of sp³-hybridized carbons (Fsp3) is 0.235. The molecule has 0 saturated carbocycles. The Labute approximate surface area is 264 Å². The van der Waals surface area contributed by atoms with E-state index in [4.69, 9.17) is 16.3 Å². The van der Waals surface area contributed by atoms with Crippen LogP contribution in [0.1, 0.15) is 25.0 Å². The van der Waals surface area contributed by atoms with E-state index in [1.54, 1.807) is 31.2 Å². The Kier molecular flexibility index (Phi) is 11.4. The molecule has 0 saturated heterocycles. The average Bonchev–Trinajstić information content (AvgIpc) is 3.03. The number of hydrogen-bond donors (Lipinski definition) is 1. The first-order valence-electron chi connectivity index (χ1n) is 14.4. The van der Waals surface area contributed by atoms with Gasteiger partial charge in [-0.05, 0) is 61.4 Å². The van der Waals surface area contributed by atoms with Gasteiger partial charge in [0.2, 0.25) is 11.8 Å². The van der Waals surface area contributed by atoms with Crippen LogP contribution >= 0.6 is 11.6 Å². The molecule has 0 fully saturated rings. The molecule has 0 radical (unpaired) electrons. The van der Waals surface area contributed by atoms with Crippen LogP contribution in [0.3, 0.4) is 0 Å². The average molecular weight is 634 g/mol. The van der Waals surface area contributed by atoms with Crippen molar-refractivity contribution in [2.24, 2.45) is 0 Å². The zero-order valence-electron chi connectivity index (χ0n) is 24.7. The quantitative estimate of drug-likeness (QED) is 0.192. The van der Waals surface area contributed by atoms with E-state index in [2.05, 4.69) is 5.32 Å². The summed E-state index contributed by atoms with van der Waals surface area (Å²) in [4.78, 5) is 29.4. The minimum atomic E-state index is -4.28. The van der Waals surface area contributed by atoms with E-state index in [1.807, 2.05) is 67.6 Å². The van der Waals surface area contributed by atoms with E-state index in [9.17, 15) is 18.0 Å². The molecule has 0 spiro atoms. The van der Waals surface area contributed by atoms with E-state index in [1.165, 1.54) is 29.2 Å². The molecule has 8 nitrogen and oxygen atoms in total. The van der Waals surface area contributed by atoms with Gasteiger partial charge in [0, 0.05) is 24.5 Å². The van der Waals surface area contributed by atoms with Gasteiger partial charge in [0.05, 0.1) is 17.2 Å². The molecule has 0 unspecified atom stereocenters. The third-order valence-electron chi connectivity index (χ3n) is 6.93. The summed E-state index contributed by atoms with van der Waals surface area (Å²) in [7, 11) is -4.28. The summed E-state index contributed by atoms with van der Waals surface area (Å²) in [6.07, 6.45) is 0.241. The van der Waals surface area contributed by atoms with Crippen molar-refractivity contribution in [1.82, 2.24) is 10.2 Å². The number of nitrogens with one attached hydrogen (secondary N) is 1. The molecule has 1 N–H and O–H groups in total. The molecule has 4 aromatic rings. The maximum Gasteiger partial charge on any atom is 0.264 e. The second-order valence-corrected chi connectivity index (χ2v) is 12.3. The van der Waals surface area contributed by atoms with Crippen molar-refractivity contribution in [1.29, 1.82) is 0 Å². The van der Waals surface area contributed by atoms with Gasteiger partial charge in [-0.3, -0.25) is 13.9 Å². The van der Waals surface area contributed by atoms with E-state index < -0.39 is 28.5 Å². The van der Waals surface area contributed by atoms with Crippen LogP contribution < -0.4 is 14.4 Å². The molecule has 44 heavy (non-hydrogen) atoms. The summed E-state index contributed by atoms with van der Waals surface area (Å²) in [5.41, 5.74) is 1.86. The Morgan fingerprint density at radius 1 is 0.818 bits per heavy atom. The van der Waals surface area contributed by atoms with Crippen LogP contribution in [0, 0.1) is 0 Å². The number of sulfonamides is 1. The summed E-state index contributed by atoms with van der Waals surface area (Å²) in [5.74, 6) is -0.577. The third kappa shape index (κ3) is 8.18. The molecule has 0 aromatic heterocycles. The molecule has 1 atom stereocenters. The fourth-order valence-corrected chi connectivity index (χ4v) is 6.36. The lowest BCUT2D eigenvalue weighted by Crippen LogP contribution is -2.53. The molecule has 0 heterocycles. The number of carbonyl (C=O) groups excluding carboxylic acids is 2. The summed E-state index contributed by atoms with van der Waals surface area (Å²) in [5, 5.41) is 3.24. The fourth-order valence-electron chi connectivity index (χ4n) is 4.81. The van der Waals surface area contributed by atoms with Crippen molar-refractivity contribution in [3.8, 4) is 5.75 Å². The Balaban J connectivity index is 1.82. The maximum absolute atomic E-state index is 14.5. The maximum atomic E-state index is 14.5. The van der Waals surface area contributed by atoms with Gasteiger partial charge in [-0.25, -0.2) is 8.42 Å². The van der Waals surface area contributed by atoms with Gasteiger partial charge >= 0.3 is 0 Å². The molecule has 0 bridgehead atoms. The topological polar surface area (TPSA) is 96.0 Å². The Hall–Kier alpha value is -4.34. The highest BCUT2D eigenvalue weighted by atomic mass is 35.5. The lowest BCUT2D eigenvalue weighted by molar-refractivity contribution is -0.140. The van der Waals surface area contributed by atoms with Crippen LogP contribution in [0.15, 0.2) is 114 Å². The van der Waals surface area contributed by atoms with Gasteiger partial charge in [-0.2, -0.15) is 0 Å². The highest BCUT2D eigenvalue weighted by Crippen LogP contribution is 2.33. The number of carbonyl (C=O) groups is 2. The Bertz CT molecular complexity index is 1630. The van der Waals surface area contributed by atoms with Gasteiger partial charge < -0.3 is 15.0 Å². The van der Waals surface area contributed by atoms with Crippen molar-refractivity contribution in [2.75, 3.05) is 24.0 Å². The van der Waals surface area contributed by atoms with Gasteiger partial charge in [0.25, 0.3) is 10.0 Å². The number of para-hydroxylation sites is 2. The van der Waals surface area contributed by atoms with Crippen LogP contribution in [0.25, 0.3) is 0 Å². The van der Waals surface area contributed by atoms with E-state index in [0.29, 0.717) is 17.3 Å². The second-order valence-electron chi connectivity index (χ2n) is 9.97. The highest BCUT2D eigenvalue weighted by molar-refractivity contribution is 7.92. The number of rotatable bonds is 14. The Morgan fingerprint density at radius 3 is 2.02 bits per heavy atom. The smallest absolute Gasteiger partial charge is 0.264 e. The van der Waals surface area contributed by atoms with Crippen LogP contribution in [0.5, 0.6) is 5.75 Å². The molecule has 2 amide bonds. The number of likely N-dealkylation sites (N-methyl/N-ethyl adjacent to an activating group) is 1. The number of amides is 2. The number of hydrogen-bond acceptors (Lipinski definition) is 5. The third-order valence-corrected chi connectivity index (χ3v) is 8.96. The summed E-state index contributed by atoms with van der Waals surface area (Å²) >= 11 is 6.06. The number of ether oxygens (including phenoxy) is 1. The standard InChI is InChI=1S/C34H36ClN3O5S/c1-3-36-34(40)31(23-26-13-7-5-8-14-26)37(24-27-15-9-6-10-16-27)33(39)25-38(30-17-11-12-18-32(30)43-4-2)44(41,42)29-21-19-28(35)20-22-29/h5-22,31H,3-4,23-25H2,1-2H3,(H,36,40)/t31-/m0/s1. The van der Waals surface area contributed by atoms with Gasteiger partial charge in [0.15, 0.2) is 0 Å². The van der Waals surface area contributed by atoms with Crippen molar-refractivity contribution in [2.45, 2.75) is 37.8 Å².